The summed E-state index contributed by atoms with van der Waals surface area (Å²) in [5.41, 5.74) is 0.146. The van der Waals surface area contributed by atoms with Gasteiger partial charge in [0.15, 0.2) is 0 Å². The van der Waals surface area contributed by atoms with Crippen molar-refractivity contribution in [1.82, 2.24) is 3.56 Å². The van der Waals surface area contributed by atoms with Crippen molar-refractivity contribution in [3.05, 3.63) is 52.1 Å². The van der Waals surface area contributed by atoms with Gasteiger partial charge >= 0.3 is 96.4 Å². The topological polar surface area (TPSA) is 22.0 Å². The summed E-state index contributed by atoms with van der Waals surface area (Å²) in [6, 6.07) is 11.8. The first-order valence-electron chi connectivity index (χ1n) is 4.51. The van der Waals surface area contributed by atoms with Gasteiger partial charge in [0.1, 0.15) is 0 Å². The van der Waals surface area contributed by atoms with Crippen molar-refractivity contribution in [2.45, 2.75) is 0 Å². The number of hydrogen-bond donors (Lipinski definition) is 0. The average Bonchev–Trinajstić information content (AvgIpc) is 2.87. The van der Waals surface area contributed by atoms with Gasteiger partial charge in [-0.05, 0) is 0 Å². The Kier molecular flexibility index (Phi) is 2.13. The first kappa shape index (κ1) is 9.16. The van der Waals surface area contributed by atoms with E-state index in [1.165, 1.54) is 4.26 Å². The molecule has 0 atom stereocenters. The molecule has 2 aromatic heterocycles. The van der Waals surface area contributed by atoms with Crippen LogP contribution < -0.4 is 5.56 Å². The third-order valence-electron chi connectivity index (χ3n) is 2.20. The molecule has 0 aliphatic rings. The third-order valence-corrected chi connectivity index (χ3v) is 5.62. The van der Waals surface area contributed by atoms with E-state index in [9.17, 15) is 4.79 Å². The molecule has 0 fully saturated rings. The normalized spacial score (nSPS) is 10.9. The minimum atomic E-state index is 0.110. The summed E-state index contributed by atoms with van der Waals surface area (Å²) in [7, 11) is 0. The number of benzene rings is 1. The second-order valence-electron chi connectivity index (χ2n) is 3.14. The Bertz CT molecular complexity index is 651. The van der Waals surface area contributed by atoms with Gasteiger partial charge in [0.05, 0.1) is 0 Å². The molecule has 0 spiro atoms. The zero-order chi connectivity index (χ0) is 10.3. The second-order valence-corrected chi connectivity index (χ2v) is 6.14. The van der Waals surface area contributed by atoms with Crippen molar-refractivity contribution in [1.29, 1.82) is 0 Å². The molecule has 0 bridgehead atoms. The number of hydrogen-bond acceptors (Lipinski definition) is 2. The Morgan fingerprint density at radius 2 is 2.00 bits per heavy atom. The summed E-state index contributed by atoms with van der Waals surface area (Å²) < 4.78 is 3.07. The van der Waals surface area contributed by atoms with E-state index in [2.05, 4.69) is 0 Å². The molecule has 3 rings (SSSR count). The fraction of sp³-hybridized carbons (Fsp3) is 0. The van der Waals surface area contributed by atoms with Crippen molar-refractivity contribution in [3.8, 4) is 5.00 Å². The first-order chi connectivity index (χ1) is 7.36. The van der Waals surface area contributed by atoms with Crippen molar-refractivity contribution in [2.75, 3.05) is 0 Å². The number of fused-ring (bicyclic) bond motifs is 1. The maximum atomic E-state index is 12.0. The van der Waals surface area contributed by atoms with Gasteiger partial charge in [-0.1, -0.05) is 0 Å². The zero-order valence-electron chi connectivity index (χ0n) is 7.71. The predicted molar refractivity (Wildman–Crippen MR) is 64.4 cm³/mol. The Hall–Kier alpha value is -1.09. The van der Waals surface area contributed by atoms with Gasteiger partial charge in [-0.15, -0.1) is 0 Å². The van der Waals surface area contributed by atoms with Gasteiger partial charge in [0.2, 0.25) is 0 Å². The quantitative estimate of drug-likeness (QED) is 0.626. The molecule has 0 aliphatic carbocycles. The number of thiophene rings is 1. The molecule has 4 heteroatoms. The summed E-state index contributed by atoms with van der Waals surface area (Å²) in [5.74, 6) is 0. The molecular formula is C11H7NOSSe. The van der Waals surface area contributed by atoms with Crippen molar-refractivity contribution < 1.29 is 0 Å². The number of nitrogens with zero attached hydrogens (tertiary/aromatic N) is 1. The van der Waals surface area contributed by atoms with Crippen LogP contribution in [0.2, 0.25) is 0 Å². The molecule has 74 valence electrons. The fourth-order valence-corrected chi connectivity index (χ4v) is 4.53. The van der Waals surface area contributed by atoms with Gasteiger partial charge in [-0.3, -0.25) is 0 Å². The van der Waals surface area contributed by atoms with E-state index in [1.807, 2.05) is 45.3 Å². The fourth-order valence-electron chi connectivity index (χ4n) is 1.50. The van der Waals surface area contributed by atoms with Crippen molar-refractivity contribution in [2.24, 2.45) is 0 Å². The Labute approximate surface area is 96.4 Å². The van der Waals surface area contributed by atoms with Crippen LogP contribution in [0, 0.1) is 0 Å². The van der Waals surface area contributed by atoms with Crippen LogP contribution in [0.1, 0.15) is 0 Å². The van der Waals surface area contributed by atoms with Crippen LogP contribution in [0.3, 0.4) is 0 Å². The van der Waals surface area contributed by atoms with E-state index < -0.39 is 0 Å². The van der Waals surface area contributed by atoms with Gasteiger partial charge < -0.3 is 0 Å². The maximum absolute atomic E-state index is 12.0. The summed E-state index contributed by atoms with van der Waals surface area (Å²) >= 11 is 1.72. The molecule has 0 radical (unpaired) electrons. The Morgan fingerprint density at radius 1 is 1.13 bits per heavy atom. The van der Waals surface area contributed by atoms with Gasteiger partial charge in [0, 0.05) is 0 Å². The summed E-state index contributed by atoms with van der Waals surface area (Å²) in [6.45, 7) is 0. The first-order valence-corrected chi connectivity index (χ1v) is 7.01. The number of aromatic nitrogens is 1. The monoisotopic (exact) mass is 281 g/mol. The van der Waals surface area contributed by atoms with E-state index in [0.717, 1.165) is 10.4 Å². The molecule has 3 aromatic rings. The van der Waals surface area contributed by atoms with E-state index in [4.69, 9.17) is 0 Å². The zero-order valence-corrected chi connectivity index (χ0v) is 10.2. The van der Waals surface area contributed by atoms with E-state index >= 15 is 0 Å². The van der Waals surface area contributed by atoms with Crippen LogP contribution in [0.25, 0.3) is 14.6 Å². The second kappa shape index (κ2) is 3.49. The molecular weight excluding hydrogens is 273 g/mol. The average molecular weight is 280 g/mol. The summed E-state index contributed by atoms with van der Waals surface area (Å²) in [4.78, 5) is 12.0. The molecule has 2 nitrogen and oxygen atoms in total. The molecule has 0 saturated heterocycles. The molecule has 15 heavy (non-hydrogen) atoms. The molecule has 0 aliphatic heterocycles. The van der Waals surface area contributed by atoms with Crippen LogP contribution >= 0.6 is 11.3 Å². The van der Waals surface area contributed by atoms with Crippen molar-refractivity contribution >= 4 is 35.7 Å². The third kappa shape index (κ3) is 1.42. The SMILES string of the molecule is O=c1c2ccccc2[se]n1-c1cccs1. The van der Waals surface area contributed by atoms with Crippen LogP contribution in [0.15, 0.2) is 46.6 Å². The van der Waals surface area contributed by atoms with Gasteiger partial charge in [0.25, 0.3) is 0 Å². The van der Waals surface area contributed by atoms with Crippen LogP contribution in [0.4, 0.5) is 0 Å². The van der Waals surface area contributed by atoms with Gasteiger partial charge in [-0.2, -0.15) is 0 Å². The Morgan fingerprint density at radius 3 is 2.73 bits per heavy atom. The van der Waals surface area contributed by atoms with Crippen molar-refractivity contribution in [3.63, 3.8) is 0 Å². The number of rotatable bonds is 1. The minimum absolute atomic E-state index is 0.110. The molecule has 2 heterocycles. The van der Waals surface area contributed by atoms with Crippen LogP contribution in [0.5, 0.6) is 0 Å². The summed E-state index contributed by atoms with van der Waals surface area (Å²) in [6.07, 6.45) is 0. The van der Waals surface area contributed by atoms with E-state index in [-0.39, 0.29) is 20.3 Å². The molecule has 0 amide bonds. The predicted octanol–water partition coefficient (Wildman–Crippen LogP) is 2.11. The molecule has 0 N–H and O–H groups in total. The van der Waals surface area contributed by atoms with E-state index in [0.29, 0.717) is 0 Å². The van der Waals surface area contributed by atoms with Crippen LogP contribution in [-0.2, 0) is 0 Å². The Balaban J connectivity index is 2.38. The van der Waals surface area contributed by atoms with Gasteiger partial charge in [-0.25, -0.2) is 0 Å². The standard InChI is InChI=1S/C11H7NOSSe/c13-11-8-4-1-2-5-9(8)15-12(11)10-6-3-7-14-10/h1-7H. The molecule has 0 unspecified atom stereocenters. The summed E-state index contributed by atoms with van der Waals surface area (Å²) in [5, 5.41) is 3.92. The van der Waals surface area contributed by atoms with Crippen LogP contribution in [-0.4, -0.2) is 18.3 Å². The molecule has 1 aromatic carbocycles. The molecule has 0 saturated carbocycles. The van der Waals surface area contributed by atoms with E-state index in [1.54, 1.807) is 11.3 Å².